The van der Waals surface area contributed by atoms with Crippen molar-refractivity contribution in [2.75, 3.05) is 5.73 Å². The molecule has 0 unspecified atom stereocenters. The number of fused-ring (bicyclic) bond motifs is 1. The van der Waals surface area contributed by atoms with Crippen LogP contribution in [0.5, 0.6) is 0 Å². The zero-order chi connectivity index (χ0) is 18.2. The number of hydrogen-bond donors (Lipinski definition) is 3. The second kappa shape index (κ2) is 6.30. The van der Waals surface area contributed by atoms with E-state index in [4.69, 9.17) is 16.0 Å². The maximum absolute atomic E-state index is 10.5. The first kappa shape index (κ1) is 17.1. The molecule has 0 radical (unpaired) electrons. The summed E-state index contributed by atoms with van der Waals surface area (Å²) in [7, 11) is 0. The van der Waals surface area contributed by atoms with Crippen molar-refractivity contribution < 1.29 is 16.4 Å². The van der Waals surface area contributed by atoms with Crippen LogP contribution < -0.4 is 5.73 Å². The van der Waals surface area contributed by atoms with Crippen molar-refractivity contribution in [3.63, 3.8) is 0 Å². The Morgan fingerprint density at radius 3 is 2.92 bits per heavy atom. The van der Waals surface area contributed by atoms with Gasteiger partial charge in [-0.15, -0.1) is 0 Å². The minimum absolute atomic E-state index is 0. The number of aromatic nitrogens is 4. The monoisotopic (exact) mass is 349 g/mol. The lowest BCUT2D eigenvalue weighted by Gasteiger charge is -2.23. The molecule has 1 fully saturated rings. The van der Waals surface area contributed by atoms with Crippen molar-refractivity contribution in [1.82, 2.24) is 19.5 Å². The highest BCUT2D eigenvalue weighted by Gasteiger charge is 2.53. The number of nitrogens with two attached hydrogens (primary N) is 1. The molecule has 0 amide bonds. The number of rotatable bonds is 4. The molecule has 3 rings (SSSR count). The third kappa shape index (κ3) is 2.79. The summed E-state index contributed by atoms with van der Waals surface area (Å²) in [4.78, 5) is 14.8. The average molecular weight is 349 g/mol. The third-order valence-electron chi connectivity index (χ3n) is 3.93. The van der Waals surface area contributed by atoms with Crippen LogP contribution in [-0.2, 0) is 4.74 Å². The fourth-order valence-corrected chi connectivity index (χ4v) is 2.67. The minimum Gasteiger partial charge on any atom is -0.387 e. The van der Waals surface area contributed by atoms with Crippen LogP contribution in [-0.4, -0.2) is 47.7 Å². The van der Waals surface area contributed by atoms with Crippen LogP contribution in [0.2, 0.25) is 0 Å². The number of allylic oxidation sites excluding steroid dienone is 1. The topological polar surface area (TPSA) is 168 Å². The average Bonchev–Trinajstić information content (AvgIpc) is 3.10. The molecule has 11 nitrogen and oxygen atoms in total. The standard InChI is InChI=1S/C14H18N8O3.H2/c1-7(2)3-4-14(20-21-16)10(24)9(23)13(25-14)22-6-19-8-11(15)17-5-18-12(8)22;/h3-7,9-10,13,23-24H,1-2H3,(H2,15,17,18);1H/b4-3+;/t9-,10+,13-,14-;/m1./s1/i;1+1. The number of hydrogen-bond acceptors (Lipinski definition) is 8. The van der Waals surface area contributed by atoms with Gasteiger partial charge in [0.2, 0.25) is 0 Å². The molecular weight excluding hydrogens is 328 g/mol. The van der Waals surface area contributed by atoms with Crippen LogP contribution in [0.1, 0.15) is 21.5 Å². The Morgan fingerprint density at radius 2 is 2.24 bits per heavy atom. The minimum atomic E-state index is -1.74. The van der Waals surface area contributed by atoms with Crippen LogP contribution in [0.15, 0.2) is 29.9 Å². The summed E-state index contributed by atoms with van der Waals surface area (Å²) in [5, 5.41) is 24.5. The van der Waals surface area contributed by atoms with Gasteiger partial charge >= 0.3 is 0 Å². The number of anilines is 1. The molecule has 134 valence electrons. The second-order valence-corrected chi connectivity index (χ2v) is 6.07. The van der Waals surface area contributed by atoms with Crippen molar-refractivity contribution in [2.45, 2.75) is 38.0 Å². The quantitative estimate of drug-likeness (QED) is 0.321. The van der Waals surface area contributed by atoms with E-state index in [9.17, 15) is 10.2 Å². The van der Waals surface area contributed by atoms with Gasteiger partial charge in [-0.05, 0) is 17.5 Å². The van der Waals surface area contributed by atoms with Crippen LogP contribution in [0.4, 0.5) is 5.82 Å². The zero-order valence-electron chi connectivity index (χ0n) is 13.6. The highest BCUT2D eigenvalue weighted by Crippen LogP contribution is 2.40. The van der Waals surface area contributed by atoms with E-state index < -0.39 is 24.2 Å². The molecule has 0 spiro atoms. The Labute approximate surface area is 143 Å². The Hall–Kier alpha value is -2.72. The number of aliphatic hydroxyl groups is 2. The summed E-state index contributed by atoms with van der Waals surface area (Å²) in [5.74, 6) is 0.303. The van der Waals surface area contributed by atoms with Crippen molar-refractivity contribution in [2.24, 2.45) is 11.0 Å². The molecule has 0 aliphatic carbocycles. The van der Waals surface area contributed by atoms with E-state index in [-0.39, 0.29) is 13.2 Å². The van der Waals surface area contributed by atoms with Crippen LogP contribution >= 0.6 is 0 Å². The van der Waals surface area contributed by atoms with E-state index in [1.165, 1.54) is 23.3 Å². The maximum Gasteiger partial charge on any atom is 0.196 e. The van der Waals surface area contributed by atoms with Gasteiger partial charge in [-0.2, -0.15) is 0 Å². The number of nitrogen functional groups attached to an aromatic ring is 1. The number of azide groups is 1. The highest BCUT2D eigenvalue weighted by molar-refractivity contribution is 5.81. The summed E-state index contributed by atoms with van der Waals surface area (Å²) in [6.45, 7) is 3.83. The smallest absolute Gasteiger partial charge is 0.196 e. The molecule has 2 aromatic heterocycles. The van der Waals surface area contributed by atoms with Crippen molar-refractivity contribution in [3.05, 3.63) is 35.2 Å². The normalized spacial score (nSPS) is 29.6. The molecule has 4 N–H and O–H groups in total. The Morgan fingerprint density at radius 1 is 1.48 bits per heavy atom. The summed E-state index contributed by atoms with van der Waals surface area (Å²) in [6.07, 6.45) is 1.88. The summed E-state index contributed by atoms with van der Waals surface area (Å²) >= 11 is 0. The van der Waals surface area contributed by atoms with Gasteiger partial charge in [-0.1, -0.05) is 25.0 Å². The van der Waals surface area contributed by atoms with Gasteiger partial charge in [0.05, 0.1) is 6.33 Å². The largest absolute Gasteiger partial charge is 0.387 e. The van der Waals surface area contributed by atoms with Crippen LogP contribution in [0.3, 0.4) is 0 Å². The highest BCUT2D eigenvalue weighted by atomic mass is 16.6. The van der Waals surface area contributed by atoms with E-state index in [1.54, 1.807) is 6.08 Å². The van der Waals surface area contributed by atoms with E-state index in [0.717, 1.165) is 0 Å². The predicted molar refractivity (Wildman–Crippen MR) is 89.8 cm³/mol. The van der Waals surface area contributed by atoms with E-state index in [1.807, 2.05) is 13.8 Å². The molecule has 0 saturated carbocycles. The molecule has 1 saturated heterocycles. The Balaban J connectivity index is 0.00000243. The summed E-state index contributed by atoms with van der Waals surface area (Å²) in [5.41, 5.74) is 13.6. The SMILES string of the molecule is CC(C)/C=C/[C@@]1(N=[N+]=[N-])O[C@@H](n2cnc3c(N)ncnc32)[C@H](O)[C@@H]1O.[2HH]. The number of aliphatic hydroxyl groups excluding tert-OH is 2. The molecule has 4 atom stereocenters. The molecule has 0 aromatic carbocycles. The first-order valence-corrected chi connectivity index (χ1v) is 7.62. The predicted octanol–water partition coefficient (Wildman–Crippen LogP) is 1.12. The Kier molecular flexibility index (Phi) is 4.31. The van der Waals surface area contributed by atoms with Gasteiger partial charge in [0.15, 0.2) is 23.4 Å². The van der Waals surface area contributed by atoms with Gasteiger partial charge in [0, 0.05) is 6.34 Å². The van der Waals surface area contributed by atoms with Gasteiger partial charge < -0.3 is 20.7 Å². The molecule has 2 aromatic rings. The molecule has 0 bridgehead atoms. The lowest BCUT2D eigenvalue weighted by atomic mass is 10.0. The number of nitrogens with zero attached hydrogens (tertiary/aromatic N) is 7. The van der Waals surface area contributed by atoms with Crippen molar-refractivity contribution in [1.29, 1.82) is 0 Å². The second-order valence-electron chi connectivity index (χ2n) is 6.07. The molecule has 25 heavy (non-hydrogen) atoms. The lowest BCUT2D eigenvalue weighted by Crippen LogP contribution is -2.39. The van der Waals surface area contributed by atoms with Crippen LogP contribution in [0.25, 0.3) is 21.6 Å². The summed E-state index contributed by atoms with van der Waals surface area (Å²) in [6, 6.07) is 0. The zero-order valence-corrected chi connectivity index (χ0v) is 13.6. The van der Waals surface area contributed by atoms with E-state index in [0.29, 0.717) is 11.2 Å². The summed E-state index contributed by atoms with van der Waals surface area (Å²) < 4.78 is 7.19. The molecular formula is C14H20N8O3. The first-order chi connectivity index (χ1) is 11.9. The lowest BCUT2D eigenvalue weighted by molar-refractivity contribution is -0.0698. The molecule has 3 heterocycles. The van der Waals surface area contributed by atoms with E-state index >= 15 is 0 Å². The molecule has 11 heteroatoms. The fraction of sp³-hybridized carbons (Fsp3) is 0.500. The van der Waals surface area contributed by atoms with Gasteiger partial charge in [-0.3, -0.25) is 4.57 Å². The molecule has 1 aliphatic rings. The number of ether oxygens (including phenoxy) is 1. The molecule has 1 aliphatic heterocycles. The van der Waals surface area contributed by atoms with Gasteiger partial charge in [0.25, 0.3) is 0 Å². The number of imidazole rings is 1. The Bertz CT molecular complexity index is 865. The van der Waals surface area contributed by atoms with Crippen molar-refractivity contribution in [3.8, 4) is 0 Å². The maximum atomic E-state index is 10.5. The van der Waals surface area contributed by atoms with E-state index in [2.05, 4.69) is 25.0 Å². The van der Waals surface area contributed by atoms with Crippen molar-refractivity contribution >= 4 is 17.0 Å². The third-order valence-corrected chi connectivity index (χ3v) is 3.93. The van der Waals surface area contributed by atoms with Gasteiger partial charge in [0.1, 0.15) is 24.1 Å². The van der Waals surface area contributed by atoms with Gasteiger partial charge in [-0.25, -0.2) is 15.0 Å². The van der Waals surface area contributed by atoms with Crippen LogP contribution in [0, 0.1) is 5.92 Å². The first-order valence-electron chi connectivity index (χ1n) is 7.62. The fourth-order valence-electron chi connectivity index (χ4n) is 2.67.